The Morgan fingerprint density at radius 3 is 3.05 bits per heavy atom. The molecule has 0 radical (unpaired) electrons. The van der Waals surface area contributed by atoms with Crippen molar-refractivity contribution in [3.05, 3.63) is 35.6 Å². The van der Waals surface area contributed by atoms with Gasteiger partial charge in [0.1, 0.15) is 5.82 Å². The molecule has 1 fully saturated rings. The molecule has 1 aliphatic heterocycles. The van der Waals surface area contributed by atoms with E-state index in [9.17, 15) is 9.18 Å². The van der Waals surface area contributed by atoms with Crippen LogP contribution in [-0.2, 0) is 9.53 Å². The summed E-state index contributed by atoms with van der Waals surface area (Å²) in [4.78, 5) is 11.9. The van der Waals surface area contributed by atoms with E-state index in [2.05, 4.69) is 10.6 Å². The molecule has 2 rings (SSSR count). The lowest BCUT2D eigenvalue weighted by atomic mass is 10.1. The van der Waals surface area contributed by atoms with Crippen molar-refractivity contribution < 1.29 is 13.9 Å². The zero-order valence-electron chi connectivity index (χ0n) is 11.0. The van der Waals surface area contributed by atoms with E-state index < -0.39 is 0 Å². The molecule has 0 aromatic heterocycles. The van der Waals surface area contributed by atoms with Crippen LogP contribution in [-0.4, -0.2) is 31.7 Å². The van der Waals surface area contributed by atoms with Crippen molar-refractivity contribution in [2.24, 2.45) is 0 Å². The second kappa shape index (κ2) is 6.63. The Bertz CT molecular complexity index is 433. The molecule has 0 saturated carbocycles. The molecule has 4 nitrogen and oxygen atoms in total. The third-order valence-corrected chi connectivity index (χ3v) is 3.18. The summed E-state index contributed by atoms with van der Waals surface area (Å²) in [7, 11) is 0. The number of halogens is 1. The molecule has 1 saturated heterocycles. The Morgan fingerprint density at radius 1 is 1.58 bits per heavy atom. The van der Waals surface area contributed by atoms with E-state index in [4.69, 9.17) is 4.74 Å². The number of rotatable bonds is 4. The number of carbonyl (C=O) groups is 1. The van der Waals surface area contributed by atoms with E-state index in [1.54, 1.807) is 25.1 Å². The lowest BCUT2D eigenvalue weighted by Gasteiger charge is -2.24. The first kappa shape index (κ1) is 14.0. The predicted molar refractivity (Wildman–Crippen MR) is 70.2 cm³/mol. The van der Waals surface area contributed by atoms with Gasteiger partial charge in [0.05, 0.1) is 19.3 Å². The number of carbonyl (C=O) groups excluding carboxylic acids is 1. The van der Waals surface area contributed by atoms with Gasteiger partial charge in [-0.2, -0.15) is 0 Å². The van der Waals surface area contributed by atoms with Crippen molar-refractivity contribution in [3.63, 3.8) is 0 Å². The van der Waals surface area contributed by atoms with Crippen molar-refractivity contribution in [1.29, 1.82) is 0 Å². The van der Waals surface area contributed by atoms with Crippen molar-refractivity contribution in [3.8, 4) is 0 Å². The molecule has 1 aromatic rings. The fourth-order valence-electron chi connectivity index (χ4n) is 2.18. The largest absolute Gasteiger partial charge is 0.378 e. The second-order valence-electron chi connectivity index (χ2n) is 4.74. The first-order valence-electron chi connectivity index (χ1n) is 6.51. The number of nitrogens with one attached hydrogen (secondary N) is 2. The van der Waals surface area contributed by atoms with Crippen molar-refractivity contribution in [2.75, 3.05) is 19.8 Å². The minimum Gasteiger partial charge on any atom is -0.378 e. The van der Waals surface area contributed by atoms with Gasteiger partial charge >= 0.3 is 0 Å². The molecule has 0 aliphatic carbocycles. The Morgan fingerprint density at radius 2 is 2.37 bits per heavy atom. The van der Waals surface area contributed by atoms with Gasteiger partial charge in [0.15, 0.2) is 0 Å². The van der Waals surface area contributed by atoms with E-state index >= 15 is 0 Å². The highest BCUT2D eigenvalue weighted by Crippen LogP contribution is 2.16. The standard InChI is InChI=1S/C14H19FN2O2/c1-10(12-4-2-3-5-13(12)15)17-14(18)8-11-9-19-7-6-16-11/h2-5,10-11,16H,6-9H2,1H3,(H,17,18). The van der Waals surface area contributed by atoms with Gasteiger partial charge in [0, 0.05) is 24.6 Å². The molecule has 19 heavy (non-hydrogen) atoms. The maximum atomic E-state index is 13.6. The van der Waals surface area contributed by atoms with Crippen molar-refractivity contribution >= 4 is 5.91 Å². The third kappa shape index (κ3) is 4.01. The van der Waals surface area contributed by atoms with Crippen LogP contribution in [0.3, 0.4) is 0 Å². The summed E-state index contributed by atoms with van der Waals surface area (Å²) in [6.45, 7) is 3.77. The first-order chi connectivity index (χ1) is 9.16. The van der Waals surface area contributed by atoms with Crippen LogP contribution < -0.4 is 10.6 Å². The highest BCUT2D eigenvalue weighted by atomic mass is 19.1. The van der Waals surface area contributed by atoms with Crippen molar-refractivity contribution in [2.45, 2.75) is 25.4 Å². The smallest absolute Gasteiger partial charge is 0.222 e. The number of morpholine rings is 1. The molecular weight excluding hydrogens is 247 g/mol. The predicted octanol–water partition coefficient (Wildman–Crippen LogP) is 1.38. The molecule has 2 unspecified atom stereocenters. The number of benzene rings is 1. The van der Waals surface area contributed by atoms with Crippen LogP contribution >= 0.6 is 0 Å². The van der Waals surface area contributed by atoms with Gasteiger partial charge in [0.25, 0.3) is 0 Å². The molecule has 104 valence electrons. The van der Waals surface area contributed by atoms with Gasteiger partial charge in [-0.25, -0.2) is 4.39 Å². The molecule has 1 amide bonds. The Kier molecular flexibility index (Phi) is 4.87. The van der Waals surface area contributed by atoms with Crippen LogP contribution in [0.5, 0.6) is 0 Å². The zero-order chi connectivity index (χ0) is 13.7. The topological polar surface area (TPSA) is 50.4 Å². The summed E-state index contributed by atoms with van der Waals surface area (Å²) in [5.74, 6) is -0.395. The van der Waals surface area contributed by atoms with Crippen LogP contribution in [0.15, 0.2) is 24.3 Å². The zero-order valence-corrected chi connectivity index (χ0v) is 11.0. The highest BCUT2D eigenvalue weighted by Gasteiger charge is 2.19. The van der Waals surface area contributed by atoms with Gasteiger partial charge in [-0.1, -0.05) is 18.2 Å². The van der Waals surface area contributed by atoms with Gasteiger partial charge in [0.2, 0.25) is 5.91 Å². The highest BCUT2D eigenvalue weighted by molar-refractivity contribution is 5.77. The second-order valence-corrected chi connectivity index (χ2v) is 4.74. The molecule has 2 atom stereocenters. The number of hydrogen-bond acceptors (Lipinski definition) is 3. The van der Waals surface area contributed by atoms with Crippen LogP contribution in [0.25, 0.3) is 0 Å². The first-order valence-corrected chi connectivity index (χ1v) is 6.51. The van der Waals surface area contributed by atoms with Crippen LogP contribution in [0.4, 0.5) is 4.39 Å². The normalized spacial score (nSPS) is 20.8. The number of hydrogen-bond donors (Lipinski definition) is 2. The summed E-state index contributed by atoms with van der Waals surface area (Å²) in [5, 5.41) is 6.02. The van der Waals surface area contributed by atoms with Gasteiger partial charge < -0.3 is 15.4 Å². The molecular formula is C14H19FN2O2. The lowest BCUT2D eigenvalue weighted by molar-refractivity contribution is -0.122. The number of ether oxygens (including phenoxy) is 1. The monoisotopic (exact) mass is 266 g/mol. The van der Waals surface area contributed by atoms with Crippen molar-refractivity contribution in [1.82, 2.24) is 10.6 Å². The molecule has 1 aliphatic rings. The minimum atomic E-state index is -0.335. The molecule has 5 heteroatoms. The SMILES string of the molecule is CC(NC(=O)CC1COCCN1)c1ccccc1F. The Balaban J connectivity index is 1.86. The van der Waals surface area contributed by atoms with E-state index in [-0.39, 0.29) is 23.8 Å². The Labute approximate surface area is 112 Å². The number of amides is 1. The summed E-state index contributed by atoms with van der Waals surface area (Å²) in [5.41, 5.74) is 0.503. The summed E-state index contributed by atoms with van der Waals surface area (Å²) in [6, 6.07) is 6.19. The van der Waals surface area contributed by atoms with E-state index in [1.807, 2.05) is 0 Å². The fourth-order valence-corrected chi connectivity index (χ4v) is 2.18. The van der Waals surface area contributed by atoms with E-state index in [1.165, 1.54) is 6.07 Å². The average Bonchev–Trinajstić information content (AvgIpc) is 2.40. The molecule has 1 aromatic carbocycles. The fraction of sp³-hybridized carbons (Fsp3) is 0.500. The van der Waals surface area contributed by atoms with Crippen LogP contribution in [0.2, 0.25) is 0 Å². The maximum absolute atomic E-state index is 13.6. The summed E-state index contributed by atoms with van der Waals surface area (Å²) in [6.07, 6.45) is 0.346. The summed E-state index contributed by atoms with van der Waals surface area (Å²) >= 11 is 0. The van der Waals surface area contributed by atoms with Gasteiger partial charge in [-0.05, 0) is 13.0 Å². The quantitative estimate of drug-likeness (QED) is 0.865. The molecule has 0 spiro atoms. The summed E-state index contributed by atoms with van der Waals surface area (Å²) < 4.78 is 18.9. The van der Waals surface area contributed by atoms with E-state index in [0.717, 1.165) is 6.54 Å². The lowest BCUT2D eigenvalue weighted by Crippen LogP contribution is -2.44. The van der Waals surface area contributed by atoms with Crippen LogP contribution in [0, 0.1) is 5.82 Å². The third-order valence-electron chi connectivity index (χ3n) is 3.18. The average molecular weight is 266 g/mol. The molecule has 2 N–H and O–H groups in total. The Hall–Kier alpha value is -1.46. The van der Waals surface area contributed by atoms with Crippen LogP contribution in [0.1, 0.15) is 24.9 Å². The van der Waals surface area contributed by atoms with E-state index in [0.29, 0.717) is 25.2 Å². The molecule has 0 bridgehead atoms. The minimum absolute atomic E-state index is 0.0431. The van der Waals surface area contributed by atoms with Gasteiger partial charge in [-0.15, -0.1) is 0 Å². The van der Waals surface area contributed by atoms with Gasteiger partial charge in [-0.3, -0.25) is 4.79 Å². The maximum Gasteiger partial charge on any atom is 0.222 e. The molecule has 1 heterocycles.